The van der Waals surface area contributed by atoms with Gasteiger partial charge in [-0.05, 0) is 30.7 Å². The number of carbonyl (C=O) groups is 1. The molecule has 0 saturated heterocycles. The van der Waals surface area contributed by atoms with Crippen LogP contribution in [-0.2, 0) is 11.2 Å². The molecule has 0 aliphatic carbocycles. The van der Waals surface area contributed by atoms with E-state index in [-0.39, 0.29) is 29.3 Å². The second kappa shape index (κ2) is 7.64. The minimum absolute atomic E-state index is 0.0627. The monoisotopic (exact) mass is 354 g/mol. The number of fused-ring (bicyclic) bond motifs is 1. The molecule has 0 fully saturated rings. The quantitative estimate of drug-likeness (QED) is 0.626. The molecule has 0 atom stereocenters. The SMILES string of the molecule is CCCOc1ccccc1N=Nc1c(CC(=O)O)nc2c(O)cccn12. The third-order valence-corrected chi connectivity index (χ3v) is 3.57. The Bertz CT molecular complexity index is 965. The van der Waals surface area contributed by atoms with Crippen LogP contribution in [0.3, 0.4) is 0 Å². The fraction of sp³-hybridized carbons (Fsp3) is 0.222. The molecular formula is C18H18N4O4. The number of benzene rings is 1. The van der Waals surface area contributed by atoms with E-state index in [1.807, 2.05) is 19.1 Å². The first kappa shape index (κ1) is 17.4. The molecule has 0 unspecified atom stereocenters. The number of ether oxygens (including phenoxy) is 1. The van der Waals surface area contributed by atoms with Gasteiger partial charge in [0.05, 0.1) is 18.7 Å². The lowest BCUT2D eigenvalue weighted by molar-refractivity contribution is -0.136. The lowest BCUT2D eigenvalue weighted by Gasteiger charge is -2.06. The van der Waals surface area contributed by atoms with Crippen molar-refractivity contribution in [2.75, 3.05) is 6.61 Å². The molecule has 2 aromatic heterocycles. The van der Waals surface area contributed by atoms with Crippen LogP contribution in [0.15, 0.2) is 52.8 Å². The highest BCUT2D eigenvalue weighted by atomic mass is 16.5. The first-order valence-corrected chi connectivity index (χ1v) is 8.14. The largest absolute Gasteiger partial charge is 0.504 e. The molecule has 0 aliphatic heterocycles. The highest BCUT2D eigenvalue weighted by Crippen LogP contribution is 2.31. The smallest absolute Gasteiger partial charge is 0.309 e. The van der Waals surface area contributed by atoms with Crippen LogP contribution in [0.5, 0.6) is 11.5 Å². The lowest BCUT2D eigenvalue weighted by atomic mass is 10.3. The number of pyridine rings is 1. The van der Waals surface area contributed by atoms with E-state index in [2.05, 4.69) is 15.2 Å². The lowest BCUT2D eigenvalue weighted by Crippen LogP contribution is -2.00. The van der Waals surface area contributed by atoms with Gasteiger partial charge in [0.15, 0.2) is 17.2 Å². The molecule has 0 aliphatic rings. The molecule has 8 nitrogen and oxygen atoms in total. The number of aromatic hydroxyl groups is 1. The molecule has 0 saturated carbocycles. The molecule has 0 spiro atoms. The van der Waals surface area contributed by atoms with Gasteiger partial charge in [0.25, 0.3) is 0 Å². The summed E-state index contributed by atoms with van der Waals surface area (Å²) in [6, 6.07) is 10.3. The number of carboxylic acid groups (broad SMARTS) is 1. The molecule has 2 heterocycles. The van der Waals surface area contributed by atoms with Gasteiger partial charge in [-0.1, -0.05) is 19.1 Å². The molecular weight excluding hydrogens is 336 g/mol. The van der Waals surface area contributed by atoms with Crippen LogP contribution in [0.1, 0.15) is 19.0 Å². The second-order valence-electron chi connectivity index (χ2n) is 5.56. The highest BCUT2D eigenvalue weighted by molar-refractivity contribution is 5.73. The summed E-state index contributed by atoms with van der Waals surface area (Å²) in [6.45, 7) is 2.56. The average Bonchev–Trinajstić information content (AvgIpc) is 2.97. The highest BCUT2D eigenvalue weighted by Gasteiger charge is 2.17. The summed E-state index contributed by atoms with van der Waals surface area (Å²) in [5, 5.41) is 27.5. The zero-order valence-electron chi connectivity index (χ0n) is 14.2. The van der Waals surface area contributed by atoms with E-state index in [1.165, 1.54) is 10.5 Å². The fourth-order valence-electron chi connectivity index (χ4n) is 2.43. The molecule has 3 aromatic rings. The van der Waals surface area contributed by atoms with Gasteiger partial charge in [0.2, 0.25) is 0 Å². The van der Waals surface area contributed by atoms with Crippen LogP contribution < -0.4 is 4.74 Å². The van der Waals surface area contributed by atoms with Crippen molar-refractivity contribution in [1.29, 1.82) is 0 Å². The minimum atomic E-state index is -1.05. The fourth-order valence-corrected chi connectivity index (χ4v) is 2.43. The first-order chi connectivity index (χ1) is 12.6. The van der Waals surface area contributed by atoms with Gasteiger partial charge < -0.3 is 14.9 Å². The van der Waals surface area contributed by atoms with Gasteiger partial charge in [0.1, 0.15) is 11.4 Å². The second-order valence-corrected chi connectivity index (χ2v) is 5.56. The molecule has 0 amide bonds. The number of carboxylic acids is 1. The Balaban J connectivity index is 2.04. The molecule has 0 bridgehead atoms. The summed E-state index contributed by atoms with van der Waals surface area (Å²) in [5.41, 5.74) is 0.972. The Kier molecular flexibility index (Phi) is 5.12. The topological polar surface area (TPSA) is 109 Å². The van der Waals surface area contributed by atoms with E-state index in [0.717, 1.165) is 6.42 Å². The van der Waals surface area contributed by atoms with E-state index in [9.17, 15) is 9.90 Å². The van der Waals surface area contributed by atoms with Crippen molar-refractivity contribution in [1.82, 2.24) is 9.38 Å². The van der Waals surface area contributed by atoms with Gasteiger partial charge in [-0.15, -0.1) is 10.2 Å². The van der Waals surface area contributed by atoms with E-state index in [1.54, 1.807) is 24.4 Å². The van der Waals surface area contributed by atoms with E-state index < -0.39 is 5.97 Å². The molecule has 8 heteroatoms. The van der Waals surface area contributed by atoms with E-state index in [0.29, 0.717) is 18.0 Å². The molecule has 3 rings (SSSR count). The number of aromatic nitrogens is 2. The Morgan fingerprint density at radius 2 is 2.04 bits per heavy atom. The minimum Gasteiger partial charge on any atom is -0.504 e. The van der Waals surface area contributed by atoms with Crippen molar-refractivity contribution >= 4 is 23.1 Å². The predicted molar refractivity (Wildman–Crippen MR) is 94.6 cm³/mol. The van der Waals surface area contributed by atoms with Crippen LogP contribution in [0, 0.1) is 0 Å². The first-order valence-electron chi connectivity index (χ1n) is 8.14. The van der Waals surface area contributed by atoms with Crippen molar-refractivity contribution in [3.05, 3.63) is 48.3 Å². The summed E-state index contributed by atoms with van der Waals surface area (Å²) in [7, 11) is 0. The number of rotatable bonds is 7. The van der Waals surface area contributed by atoms with Gasteiger partial charge in [-0.25, -0.2) is 4.98 Å². The summed E-state index contributed by atoms with van der Waals surface area (Å²) >= 11 is 0. The zero-order valence-corrected chi connectivity index (χ0v) is 14.2. The molecule has 1 aromatic carbocycles. The van der Waals surface area contributed by atoms with Gasteiger partial charge in [-0.2, -0.15) is 0 Å². The zero-order chi connectivity index (χ0) is 18.5. The van der Waals surface area contributed by atoms with Crippen LogP contribution in [-0.4, -0.2) is 32.2 Å². The number of hydrogen-bond donors (Lipinski definition) is 2. The van der Waals surface area contributed by atoms with Crippen molar-refractivity contribution in [3.8, 4) is 11.5 Å². The number of nitrogens with zero attached hydrogens (tertiary/aromatic N) is 4. The maximum Gasteiger partial charge on any atom is 0.309 e. The Hall–Kier alpha value is -3.42. The number of para-hydroxylation sites is 1. The maximum absolute atomic E-state index is 11.1. The summed E-state index contributed by atoms with van der Waals surface area (Å²) in [4.78, 5) is 15.3. The van der Waals surface area contributed by atoms with Crippen LogP contribution >= 0.6 is 0 Å². The maximum atomic E-state index is 11.1. The molecule has 2 N–H and O–H groups in total. The average molecular weight is 354 g/mol. The molecule has 134 valence electrons. The molecule has 26 heavy (non-hydrogen) atoms. The van der Waals surface area contributed by atoms with E-state index >= 15 is 0 Å². The van der Waals surface area contributed by atoms with Crippen molar-refractivity contribution < 1.29 is 19.7 Å². The van der Waals surface area contributed by atoms with Crippen LogP contribution in [0.4, 0.5) is 11.5 Å². The van der Waals surface area contributed by atoms with Crippen LogP contribution in [0.25, 0.3) is 5.65 Å². The summed E-state index contributed by atoms with van der Waals surface area (Å²) in [5.74, 6) is -0.263. The standard InChI is InChI=1S/C18H18N4O4/c1-2-10-26-15-8-4-3-6-12(15)20-21-17-13(11-16(24)25)19-18-14(23)7-5-9-22(17)18/h3-9,23H,2,10-11H2,1H3,(H,24,25). The number of aliphatic carboxylic acids is 1. The Labute approximate surface area is 149 Å². The normalized spacial score (nSPS) is 11.3. The number of hydrogen-bond acceptors (Lipinski definition) is 6. The van der Waals surface area contributed by atoms with E-state index in [4.69, 9.17) is 9.84 Å². The third kappa shape index (κ3) is 3.64. The summed E-state index contributed by atoms with van der Waals surface area (Å²) < 4.78 is 7.15. The number of imidazole rings is 1. The van der Waals surface area contributed by atoms with Crippen LogP contribution in [0.2, 0.25) is 0 Å². The van der Waals surface area contributed by atoms with Gasteiger partial charge in [-0.3, -0.25) is 9.20 Å². The van der Waals surface area contributed by atoms with Crippen molar-refractivity contribution in [2.45, 2.75) is 19.8 Å². The Morgan fingerprint density at radius 1 is 1.23 bits per heavy atom. The summed E-state index contributed by atoms with van der Waals surface area (Å²) in [6.07, 6.45) is 2.17. The van der Waals surface area contributed by atoms with Crippen molar-refractivity contribution in [3.63, 3.8) is 0 Å². The number of azo groups is 1. The Morgan fingerprint density at radius 3 is 2.81 bits per heavy atom. The van der Waals surface area contributed by atoms with Gasteiger partial charge >= 0.3 is 5.97 Å². The third-order valence-electron chi connectivity index (χ3n) is 3.57. The van der Waals surface area contributed by atoms with Crippen molar-refractivity contribution in [2.24, 2.45) is 10.2 Å². The van der Waals surface area contributed by atoms with Gasteiger partial charge in [0, 0.05) is 6.20 Å². The predicted octanol–water partition coefficient (Wildman–Crippen LogP) is 3.87. The molecule has 0 radical (unpaired) electrons.